The van der Waals surface area contributed by atoms with Crippen molar-refractivity contribution in [2.45, 2.75) is 85.6 Å². The molecule has 0 saturated heterocycles. The SMILES string of the molecule is CO[C@@H]1C=CO[C@@]2(C)Oc3c(C)c(O)c4c(O)c(c(C=NNc5ccc([N+](=O)[O-])cc5[N+](=O)[O-])c(O)c4c3C2=O)NC(=O)C(C)=CC=C[C@H](C)[C@H](O)[C@H](C)[C@H](O)[C@H](C)[C@H](OC(C)=O)[C@H]1C. The number of allylic oxidation sites excluding steroid dienone is 2. The molecule has 0 aromatic heterocycles. The predicted molar refractivity (Wildman–Crippen MR) is 235 cm³/mol. The molecule has 0 radical (unpaired) electrons. The van der Waals surface area contributed by atoms with E-state index < -0.39 is 132 Å². The summed E-state index contributed by atoms with van der Waals surface area (Å²) in [7, 11) is 1.38. The van der Waals surface area contributed by atoms with Crippen LogP contribution in [0, 0.1) is 50.8 Å². The number of fused-ring (bicyclic) bond motifs is 14. The Morgan fingerprint density at radius 1 is 0.954 bits per heavy atom. The predicted octanol–water partition coefficient (Wildman–Crippen LogP) is 6.02. The number of aromatic hydroxyl groups is 3. The van der Waals surface area contributed by atoms with Crippen molar-refractivity contribution >= 4 is 57.4 Å². The molecule has 348 valence electrons. The monoisotopic (exact) mass is 905 g/mol. The van der Waals surface area contributed by atoms with Crippen molar-refractivity contribution in [2.24, 2.45) is 28.8 Å². The van der Waals surface area contributed by atoms with Crippen molar-refractivity contribution in [3.05, 3.63) is 91.3 Å². The first-order chi connectivity index (χ1) is 30.5. The Bertz CT molecular complexity index is 2550. The number of anilines is 2. The molecule has 9 atom stereocenters. The molecule has 3 aromatic carbocycles. The number of phenolic OH excluding ortho intramolecular Hbond substituents is 3. The molecule has 21 heteroatoms. The van der Waals surface area contributed by atoms with Crippen LogP contribution in [0.5, 0.6) is 23.0 Å². The fraction of sp³-hybridized carbons (Fsp3) is 0.409. The highest BCUT2D eigenvalue weighted by molar-refractivity contribution is 6.24. The van der Waals surface area contributed by atoms with E-state index in [2.05, 4.69) is 15.8 Å². The van der Waals surface area contributed by atoms with Gasteiger partial charge >= 0.3 is 17.4 Å². The Balaban J connectivity index is 1.73. The summed E-state index contributed by atoms with van der Waals surface area (Å²) in [6.45, 7) is 11.9. The number of nitro benzene ring substituents is 2. The number of aliphatic hydroxyl groups is 2. The Morgan fingerprint density at radius 2 is 1.63 bits per heavy atom. The molecule has 7 N–H and O–H groups in total. The normalized spacial score (nSPS) is 26.4. The van der Waals surface area contributed by atoms with Gasteiger partial charge in [-0.25, -0.2) is 0 Å². The van der Waals surface area contributed by atoms with Crippen molar-refractivity contribution < 1.29 is 68.7 Å². The van der Waals surface area contributed by atoms with Gasteiger partial charge in [-0.3, -0.25) is 40.0 Å². The number of ketones is 1. The van der Waals surface area contributed by atoms with Crippen LogP contribution in [-0.4, -0.2) is 96.6 Å². The van der Waals surface area contributed by atoms with E-state index in [1.165, 1.54) is 53.0 Å². The summed E-state index contributed by atoms with van der Waals surface area (Å²) in [5.41, 5.74) is -0.722. The third-order valence-corrected chi connectivity index (χ3v) is 11.8. The smallest absolute Gasteiger partial charge is 0.312 e. The van der Waals surface area contributed by atoms with Gasteiger partial charge in [-0.1, -0.05) is 45.9 Å². The minimum absolute atomic E-state index is 0.0189. The number of carbonyl (C=O) groups excluding carboxylic acids is 3. The molecule has 3 aliphatic heterocycles. The van der Waals surface area contributed by atoms with Crippen LogP contribution in [-0.2, 0) is 23.8 Å². The number of hydrogen-bond donors (Lipinski definition) is 7. The van der Waals surface area contributed by atoms with Crippen molar-refractivity contribution in [1.29, 1.82) is 0 Å². The molecule has 0 fully saturated rings. The molecule has 3 aromatic rings. The summed E-state index contributed by atoms with van der Waals surface area (Å²) in [4.78, 5) is 61.9. The van der Waals surface area contributed by atoms with E-state index in [0.717, 1.165) is 24.6 Å². The number of phenols is 3. The van der Waals surface area contributed by atoms with E-state index in [0.29, 0.717) is 6.07 Å². The topological polar surface area (TPSA) is 312 Å². The molecule has 0 unspecified atom stereocenters. The summed E-state index contributed by atoms with van der Waals surface area (Å²) < 4.78 is 23.4. The summed E-state index contributed by atoms with van der Waals surface area (Å²) in [6.07, 6.45) is 3.63. The molecule has 3 aliphatic rings. The quantitative estimate of drug-likeness (QED) is 0.0356. The Hall–Kier alpha value is -7.10. The zero-order chi connectivity index (χ0) is 48.4. The van der Waals surface area contributed by atoms with E-state index in [-0.39, 0.29) is 28.1 Å². The molecular weight excluding hydrogens is 855 g/mol. The molecule has 1 amide bonds. The summed E-state index contributed by atoms with van der Waals surface area (Å²) in [5.74, 6) is -9.97. The zero-order valence-corrected chi connectivity index (χ0v) is 36.9. The number of rotatable bonds is 7. The number of hydrazone groups is 1. The summed E-state index contributed by atoms with van der Waals surface area (Å²) in [5, 5.41) is 87.0. The second kappa shape index (κ2) is 19.3. The lowest BCUT2D eigenvalue weighted by atomic mass is 9.78. The highest BCUT2D eigenvalue weighted by Crippen LogP contribution is 2.55. The maximum atomic E-state index is 14.5. The Morgan fingerprint density at radius 3 is 2.25 bits per heavy atom. The summed E-state index contributed by atoms with van der Waals surface area (Å²) >= 11 is 0. The van der Waals surface area contributed by atoms with Gasteiger partial charge in [-0.15, -0.1) is 0 Å². The second-order valence-corrected chi connectivity index (χ2v) is 16.2. The lowest BCUT2D eigenvalue weighted by molar-refractivity contribution is -0.393. The van der Waals surface area contributed by atoms with Crippen LogP contribution < -0.4 is 15.5 Å². The number of nitrogens with zero attached hydrogens (tertiary/aromatic N) is 3. The van der Waals surface area contributed by atoms with E-state index in [9.17, 15) is 60.1 Å². The largest absolute Gasteiger partial charge is 0.507 e. The van der Waals surface area contributed by atoms with Crippen molar-refractivity contribution in [2.75, 3.05) is 17.9 Å². The number of benzene rings is 3. The number of aliphatic hydroxyl groups excluding tert-OH is 2. The minimum atomic E-state index is -2.18. The van der Waals surface area contributed by atoms with Crippen molar-refractivity contribution in [3.63, 3.8) is 0 Å². The van der Waals surface area contributed by atoms with Crippen molar-refractivity contribution in [1.82, 2.24) is 0 Å². The second-order valence-electron chi connectivity index (χ2n) is 16.2. The highest BCUT2D eigenvalue weighted by atomic mass is 16.7. The van der Waals surface area contributed by atoms with Gasteiger partial charge < -0.3 is 49.8 Å². The molecule has 3 heterocycles. The number of ether oxygens (including phenoxy) is 4. The van der Waals surface area contributed by atoms with Gasteiger partial charge in [0.25, 0.3) is 17.4 Å². The number of non-ortho nitro benzene ring substituents is 1. The zero-order valence-electron chi connectivity index (χ0n) is 36.9. The maximum Gasteiger partial charge on any atom is 0.312 e. The molecule has 0 aliphatic carbocycles. The Kier molecular flexibility index (Phi) is 14.6. The van der Waals surface area contributed by atoms with Crippen LogP contribution in [0.15, 0.2) is 59.4 Å². The first-order valence-corrected chi connectivity index (χ1v) is 20.3. The van der Waals surface area contributed by atoms with Crippen LogP contribution in [0.3, 0.4) is 0 Å². The average Bonchev–Trinajstić information content (AvgIpc) is 3.52. The summed E-state index contributed by atoms with van der Waals surface area (Å²) in [6, 6.07) is 2.68. The standard InChI is InChI=1S/C44H51N5O16/c1-19-11-10-12-20(2)43(57)46-34-27(18-45-47-28-14-13-26(48(58)59)17-29(28)49(60)61)38(54)31-32(39(34)55)37(53)24(6)41-33(31)42(56)44(8,65-41)63-16-15-30(62-9)21(3)40(64-25(7)50)23(5)36(52)22(4)35(19)51/h10-19,21-23,30,35-36,40,47,51-55H,1-9H3,(H,46,57)/t19-,21-,22-,23-,30+,35-,36-,40+,44-/m0/s1. The first-order valence-electron chi connectivity index (χ1n) is 20.3. The van der Waals surface area contributed by atoms with E-state index in [1.807, 2.05) is 0 Å². The minimum Gasteiger partial charge on any atom is -0.507 e. The number of methoxy groups -OCH3 is 1. The molecule has 0 saturated carbocycles. The van der Waals surface area contributed by atoms with Gasteiger partial charge in [0.15, 0.2) is 5.75 Å². The fourth-order valence-electron chi connectivity index (χ4n) is 7.92. The molecule has 65 heavy (non-hydrogen) atoms. The van der Waals surface area contributed by atoms with Gasteiger partial charge in [-0.2, -0.15) is 5.10 Å². The van der Waals surface area contributed by atoms with Gasteiger partial charge in [0.05, 0.1) is 68.9 Å². The third kappa shape index (κ3) is 9.57. The lowest BCUT2D eigenvalue weighted by Gasteiger charge is -2.38. The van der Waals surface area contributed by atoms with Gasteiger partial charge in [0, 0.05) is 67.2 Å². The molecule has 21 nitrogen and oxygen atoms in total. The number of hydrogen-bond acceptors (Lipinski definition) is 18. The number of nitro groups is 2. The van der Waals surface area contributed by atoms with E-state index >= 15 is 0 Å². The van der Waals surface area contributed by atoms with Gasteiger partial charge in [0.2, 0.25) is 0 Å². The number of esters is 1. The third-order valence-electron chi connectivity index (χ3n) is 11.8. The van der Waals surface area contributed by atoms with Crippen LogP contribution >= 0.6 is 0 Å². The Labute approximate surface area is 371 Å². The maximum absolute atomic E-state index is 14.5. The van der Waals surface area contributed by atoms with E-state index in [4.69, 9.17) is 18.9 Å². The van der Waals surface area contributed by atoms with Gasteiger partial charge in [0.1, 0.15) is 29.0 Å². The molecule has 5 bridgehead atoms. The molecule has 6 rings (SSSR count). The van der Waals surface area contributed by atoms with E-state index in [1.54, 1.807) is 33.8 Å². The highest BCUT2D eigenvalue weighted by Gasteiger charge is 2.50. The average molecular weight is 906 g/mol. The fourth-order valence-corrected chi connectivity index (χ4v) is 7.92. The van der Waals surface area contributed by atoms with Gasteiger partial charge in [-0.05, 0) is 26.0 Å². The van der Waals surface area contributed by atoms with Crippen molar-refractivity contribution in [3.8, 4) is 23.0 Å². The number of amides is 1. The number of Topliss-reactive ketones (excluding diaryl/α,β-unsaturated/α-hetero) is 1. The first kappa shape index (κ1) is 48.9. The molecular formula is C44H51N5O16. The van der Waals surface area contributed by atoms with Crippen LogP contribution in [0.1, 0.15) is 70.0 Å². The van der Waals surface area contributed by atoms with Crippen LogP contribution in [0.2, 0.25) is 0 Å². The van der Waals surface area contributed by atoms with Crippen LogP contribution in [0.4, 0.5) is 22.7 Å². The molecule has 0 spiro atoms. The lowest BCUT2D eigenvalue weighted by Crippen LogP contribution is -2.46. The number of nitrogens with one attached hydrogen (secondary N) is 2. The van der Waals surface area contributed by atoms with Crippen LogP contribution in [0.25, 0.3) is 10.8 Å². The number of carbonyl (C=O) groups is 3.